The quantitative estimate of drug-likeness (QED) is 0.234. The number of hydrogen-bond acceptors (Lipinski definition) is 7. The summed E-state index contributed by atoms with van der Waals surface area (Å²) in [7, 11) is 1.38. The number of hydrogen-bond donors (Lipinski definition) is 2. The van der Waals surface area contributed by atoms with Crippen LogP contribution in [0.2, 0.25) is 0 Å². The number of methoxy groups -OCH3 is 1. The second-order valence-electron chi connectivity index (χ2n) is 9.27. The zero-order chi connectivity index (χ0) is 26.3. The van der Waals surface area contributed by atoms with E-state index in [0.29, 0.717) is 16.0 Å². The lowest BCUT2D eigenvalue weighted by Gasteiger charge is -2.50. The molecule has 0 aromatic heterocycles. The summed E-state index contributed by atoms with van der Waals surface area (Å²) in [5, 5.41) is 10.5. The van der Waals surface area contributed by atoms with Crippen LogP contribution in [0, 0.1) is 17.8 Å². The number of benzene rings is 1. The Morgan fingerprint density at radius 3 is 2.47 bits per heavy atom. The van der Waals surface area contributed by atoms with Crippen LogP contribution in [0.25, 0.3) is 0 Å². The van der Waals surface area contributed by atoms with Gasteiger partial charge in [-0.25, -0.2) is 4.79 Å². The number of carbonyl (C=O) groups excluding carboxylic acids is 5. The van der Waals surface area contributed by atoms with Gasteiger partial charge in [0.25, 0.3) is 11.8 Å². The molecule has 13 heteroatoms. The van der Waals surface area contributed by atoms with Gasteiger partial charge in [-0.1, -0.05) is 33.6 Å². The molecule has 0 bridgehead atoms. The third-order valence-electron chi connectivity index (χ3n) is 7.77. The Bertz CT molecular complexity index is 1290. The first-order chi connectivity index (χ1) is 16.9. The lowest BCUT2D eigenvalue weighted by Crippen LogP contribution is -2.60. The van der Waals surface area contributed by atoms with Crippen molar-refractivity contribution in [2.45, 2.75) is 28.5 Å². The van der Waals surface area contributed by atoms with Crippen molar-refractivity contribution in [3.05, 3.63) is 35.4 Å². The van der Waals surface area contributed by atoms with Gasteiger partial charge in [0.15, 0.2) is 21.2 Å². The van der Waals surface area contributed by atoms with E-state index in [1.165, 1.54) is 19.2 Å². The molecule has 3 N–H and O–H groups in total. The van der Waals surface area contributed by atoms with Crippen molar-refractivity contribution in [1.82, 2.24) is 9.80 Å². The number of alkyl halides is 3. The Kier molecular flexibility index (Phi) is 5.70. The van der Waals surface area contributed by atoms with Crippen LogP contribution >= 0.6 is 39.1 Å². The van der Waals surface area contributed by atoms with Gasteiger partial charge in [0.2, 0.25) is 11.8 Å². The summed E-state index contributed by atoms with van der Waals surface area (Å²) >= 11 is 17.2. The van der Waals surface area contributed by atoms with Gasteiger partial charge in [-0.3, -0.25) is 24.1 Å². The van der Waals surface area contributed by atoms with Gasteiger partial charge in [0, 0.05) is 5.92 Å². The van der Waals surface area contributed by atoms with Crippen LogP contribution in [0.3, 0.4) is 0 Å². The summed E-state index contributed by atoms with van der Waals surface area (Å²) in [5.41, 5.74) is 6.04. The van der Waals surface area contributed by atoms with Crippen molar-refractivity contribution in [3.63, 3.8) is 0 Å². The van der Waals surface area contributed by atoms with E-state index in [1.54, 1.807) is 12.1 Å². The first-order valence-corrected chi connectivity index (χ1v) is 12.9. The Morgan fingerprint density at radius 1 is 1.19 bits per heavy atom. The first kappa shape index (κ1) is 25.0. The summed E-state index contributed by atoms with van der Waals surface area (Å²) < 4.78 is 5.12. The van der Waals surface area contributed by atoms with Gasteiger partial charge < -0.3 is 15.6 Å². The minimum absolute atomic E-state index is 0.0933. The zero-order valence-corrected chi connectivity index (χ0v) is 21.8. The van der Waals surface area contributed by atoms with Gasteiger partial charge in [-0.15, -0.1) is 23.2 Å². The number of allylic oxidation sites excluding steroid dienone is 2. The maximum Gasteiger partial charge on any atom is 0.328 e. The van der Waals surface area contributed by atoms with E-state index in [9.17, 15) is 29.1 Å². The number of phenolic OH excluding ortho intramolecular Hbond substituents is 1. The lowest BCUT2D eigenvalue weighted by atomic mass is 9.56. The average Bonchev–Trinajstić information content (AvgIpc) is 3.17. The van der Waals surface area contributed by atoms with Crippen molar-refractivity contribution in [3.8, 4) is 11.5 Å². The normalized spacial score (nSPS) is 35.4. The van der Waals surface area contributed by atoms with Crippen LogP contribution in [0.5, 0.6) is 11.5 Å². The Labute approximate surface area is 223 Å². The Morgan fingerprint density at radius 2 is 1.89 bits per heavy atom. The number of phenols is 1. The van der Waals surface area contributed by atoms with Crippen LogP contribution < -0.4 is 10.5 Å². The molecular weight excluding hydrogens is 581 g/mol. The molecule has 6 amide bonds. The van der Waals surface area contributed by atoms with E-state index in [-0.39, 0.29) is 29.8 Å². The number of imide groups is 4. The number of fused-ring (bicyclic) bond motifs is 4. The molecule has 3 fully saturated rings. The minimum atomic E-state index is -2.00. The number of halogens is 3. The first-order valence-electron chi connectivity index (χ1n) is 11.0. The number of ether oxygens (including phenoxy) is 1. The molecule has 0 unspecified atom stereocenters. The van der Waals surface area contributed by atoms with E-state index < -0.39 is 63.1 Å². The number of amides is 6. The van der Waals surface area contributed by atoms with Gasteiger partial charge in [-0.2, -0.15) is 4.90 Å². The van der Waals surface area contributed by atoms with Crippen LogP contribution in [-0.2, 0) is 19.2 Å². The molecule has 2 aliphatic carbocycles. The third kappa shape index (κ3) is 2.93. The molecule has 6 atom stereocenters. The SMILES string of the molecule is COc1ccc([C@H]2C3=CC[C@@H]4C(=O)N(C(N)=O)C(=O)[C@@H]4[C@@H]3C[C@@]3(Cl)C(=O)N(CBr)C(=O)[C@@]23Cl)cc1O. The molecular formula is C23H20BrCl2N3O7. The molecule has 0 radical (unpaired) electrons. The fourth-order valence-electron chi connectivity index (χ4n) is 6.23. The number of nitrogens with two attached hydrogens (primary N) is 1. The molecule has 1 aromatic carbocycles. The fourth-order valence-corrected chi connectivity index (χ4v) is 7.66. The highest BCUT2D eigenvalue weighted by Gasteiger charge is 2.76. The lowest BCUT2D eigenvalue weighted by molar-refractivity contribution is -0.139. The van der Waals surface area contributed by atoms with Crippen LogP contribution in [-0.4, -0.2) is 66.9 Å². The fraction of sp³-hybridized carbons (Fsp3) is 0.435. The molecule has 2 heterocycles. The van der Waals surface area contributed by atoms with Crippen LogP contribution in [0.1, 0.15) is 24.3 Å². The zero-order valence-electron chi connectivity index (χ0n) is 18.7. The summed E-state index contributed by atoms with van der Waals surface area (Å²) in [6.45, 7) is 0. The number of likely N-dealkylation sites (tertiary alicyclic amines) is 2. The summed E-state index contributed by atoms with van der Waals surface area (Å²) in [5.74, 6) is -6.74. The molecule has 2 aliphatic heterocycles. The van der Waals surface area contributed by atoms with Gasteiger partial charge in [0.05, 0.1) is 24.4 Å². The minimum Gasteiger partial charge on any atom is -0.504 e. The summed E-state index contributed by atoms with van der Waals surface area (Å²) in [6.07, 6.45) is 1.59. The summed E-state index contributed by atoms with van der Waals surface area (Å²) in [4.78, 5) is 62.4. The van der Waals surface area contributed by atoms with Crippen molar-refractivity contribution in [2.24, 2.45) is 23.5 Å². The Balaban J connectivity index is 1.73. The van der Waals surface area contributed by atoms with Crippen molar-refractivity contribution < 1.29 is 33.8 Å². The molecule has 5 rings (SSSR count). The van der Waals surface area contributed by atoms with E-state index in [2.05, 4.69) is 15.9 Å². The number of rotatable bonds is 3. The van der Waals surface area contributed by atoms with Crippen molar-refractivity contribution in [2.75, 3.05) is 12.6 Å². The average molecular weight is 601 g/mol. The monoisotopic (exact) mass is 599 g/mol. The third-order valence-corrected chi connectivity index (χ3v) is 9.69. The second kappa shape index (κ2) is 8.19. The topological polar surface area (TPSA) is 147 Å². The predicted molar refractivity (Wildman–Crippen MR) is 129 cm³/mol. The number of nitrogens with zero attached hydrogens (tertiary/aromatic N) is 2. The predicted octanol–water partition coefficient (Wildman–Crippen LogP) is 2.19. The number of primary amides is 1. The van der Waals surface area contributed by atoms with Gasteiger partial charge >= 0.3 is 6.03 Å². The van der Waals surface area contributed by atoms with Crippen LogP contribution in [0.4, 0.5) is 4.79 Å². The van der Waals surface area contributed by atoms with Crippen molar-refractivity contribution >= 4 is 68.8 Å². The maximum absolute atomic E-state index is 13.6. The maximum atomic E-state index is 13.6. The molecule has 4 aliphatic rings. The largest absolute Gasteiger partial charge is 0.504 e. The van der Waals surface area contributed by atoms with Gasteiger partial charge in [-0.05, 0) is 36.5 Å². The molecule has 36 heavy (non-hydrogen) atoms. The van der Waals surface area contributed by atoms with E-state index in [1.807, 2.05) is 0 Å². The van der Waals surface area contributed by atoms with Crippen LogP contribution in [0.15, 0.2) is 29.8 Å². The smallest absolute Gasteiger partial charge is 0.328 e. The highest BCUT2D eigenvalue weighted by molar-refractivity contribution is 9.09. The number of aromatic hydroxyl groups is 1. The molecule has 1 aromatic rings. The van der Waals surface area contributed by atoms with Gasteiger partial charge in [0.1, 0.15) is 0 Å². The van der Waals surface area contributed by atoms with E-state index in [4.69, 9.17) is 33.7 Å². The summed E-state index contributed by atoms with van der Waals surface area (Å²) in [6, 6.07) is 3.26. The van der Waals surface area contributed by atoms with E-state index >= 15 is 0 Å². The molecule has 1 saturated carbocycles. The highest BCUT2D eigenvalue weighted by Crippen LogP contribution is 2.65. The molecule has 190 valence electrons. The number of urea groups is 1. The second-order valence-corrected chi connectivity index (χ2v) is 11.0. The molecule has 0 spiro atoms. The molecule has 10 nitrogen and oxygen atoms in total. The molecule has 2 saturated heterocycles. The number of carbonyl (C=O) groups is 5. The highest BCUT2D eigenvalue weighted by atomic mass is 79.9. The Hall–Kier alpha value is -2.63. The van der Waals surface area contributed by atoms with E-state index in [0.717, 1.165) is 4.90 Å². The van der Waals surface area contributed by atoms with Crippen molar-refractivity contribution in [1.29, 1.82) is 0 Å². The standard InChI is InChI=1S/C23H20BrCl2N3O7/c1-36-14-5-2-9(6-13(14)30)16-10-3-4-11-15(18(32)29(17(11)31)21(27)35)12(10)7-22(25)19(33)28(8-24)20(34)23(16,22)26/h2-3,5-6,11-12,15-16,30H,4,7-8H2,1H3,(H2,27,35)/t11-,12+,15-,16-,22+,23-/m0/s1.